The fourth-order valence-corrected chi connectivity index (χ4v) is 3.27. The average molecular weight is 394 g/mol. The number of nitrogens with one attached hydrogen (secondary N) is 2. The lowest BCUT2D eigenvalue weighted by Gasteiger charge is -2.12. The minimum absolute atomic E-state index is 0.169. The van der Waals surface area contributed by atoms with Crippen molar-refractivity contribution in [1.29, 1.82) is 0 Å². The number of para-hydroxylation sites is 2. The minimum Gasteiger partial charge on any atom is -0.494 e. The van der Waals surface area contributed by atoms with Crippen LogP contribution in [0.3, 0.4) is 0 Å². The number of methoxy groups -OCH3 is 1. The molecule has 26 heavy (non-hydrogen) atoms. The molecule has 6 nitrogen and oxygen atoms in total. The van der Waals surface area contributed by atoms with E-state index in [1.807, 2.05) is 24.3 Å². The number of halogens is 2. The molecule has 1 heterocycles. The van der Waals surface area contributed by atoms with Gasteiger partial charge in [-0.3, -0.25) is 9.36 Å². The molecule has 0 unspecified atom stereocenters. The summed E-state index contributed by atoms with van der Waals surface area (Å²) >= 11 is 12.1. The van der Waals surface area contributed by atoms with Gasteiger partial charge in [0.2, 0.25) is 0 Å². The van der Waals surface area contributed by atoms with Crippen LogP contribution in [0.4, 0.5) is 0 Å². The summed E-state index contributed by atoms with van der Waals surface area (Å²) in [6.45, 7) is 0.848. The standard InChI is InChI=1S/C18H17Cl2N3O3/c1-26-16-12(20)8-7-11(19)15(16)17(24)21-9-4-10-23-14-6-3-2-5-13(14)22-18(23)25/h2-3,5-8H,4,9-10H2,1H3,(H,21,24)(H,22,25). The number of carbonyl (C=O) groups excluding carboxylic acids is 1. The minimum atomic E-state index is -0.374. The van der Waals surface area contributed by atoms with Crippen LogP contribution in [0.2, 0.25) is 10.0 Å². The molecule has 0 atom stereocenters. The van der Waals surface area contributed by atoms with Crippen LogP contribution in [-0.2, 0) is 6.54 Å². The fraction of sp³-hybridized carbons (Fsp3) is 0.222. The summed E-state index contributed by atoms with van der Waals surface area (Å²) in [6.07, 6.45) is 0.577. The maximum Gasteiger partial charge on any atom is 0.326 e. The zero-order valence-corrected chi connectivity index (χ0v) is 15.5. The van der Waals surface area contributed by atoms with E-state index in [4.69, 9.17) is 27.9 Å². The summed E-state index contributed by atoms with van der Waals surface area (Å²) in [5.74, 6) is -0.134. The summed E-state index contributed by atoms with van der Waals surface area (Å²) in [5, 5.41) is 3.36. The van der Waals surface area contributed by atoms with Gasteiger partial charge in [-0.25, -0.2) is 4.79 Å². The number of amides is 1. The number of aryl methyl sites for hydroxylation is 1. The number of H-pyrrole nitrogens is 1. The number of hydrogen-bond acceptors (Lipinski definition) is 3. The fourth-order valence-electron chi connectivity index (χ4n) is 2.80. The summed E-state index contributed by atoms with van der Waals surface area (Å²) in [6, 6.07) is 10.6. The molecular formula is C18H17Cl2N3O3. The molecule has 136 valence electrons. The Morgan fingerprint density at radius 2 is 1.92 bits per heavy atom. The van der Waals surface area contributed by atoms with Crippen LogP contribution in [-0.4, -0.2) is 29.1 Å². The first kappa shape index (κ1) is 18.4. The van der Waals surface area contributed by atoms with Gasteiger partial charge in [0.05, 0.1) is 28.2 Å². The SMILES string of the molecule is COc1c(Cl)ccc(Cl)c1C(=O)NCCCn1c(=O)[nH]c2ccccc21. The molecule has 0 saturated carbocycles. The smallest absolute Gasteiger partial charge is 0.326 e. The maximum absolute atomic E-state index is 12.4. The number of fused-ring (bicyclic) bond motifs is 1. The van der Waals surface area contributed by atoms with E-state index in [0.717, 1.165) is 11.0 Å². The first-order chi connectivity index (χ1) is 12.5. The van der Waals surface area contributed by atoms with Crippen molar-refractivity contribution in [1.82, 2.24) is 14.9 Å². The Labute approximate surface area is 159 Å². The van der Waals surface area contributed by atoms with E-state index < -0.39 is 0 Å². The monoisotopic (exact) mass is 393 g/mol. The molecule has 0 aliphatic carbocycles. The number of rotatable bonds is 6. The molecule has 2 N–H and O–H groups in total. The quantitative estimate of drug-likeness (QED) is 0.629. The lowest BCUT2D eigenvalue weighted by atomic mass is 10.2. The number of ether oxygens (including phenoxy) is 1. The van der Waals surface area contributed by atoms with Gasteiger partial charge in [0.25, 0.3) is 5.91 Å². The third-order valence-electron chi connectivity index (χ3n) is 4.02. The topological polar surface area (TPSA) is 76.1 Å². The molecule has 8 heteroatoms. The zero-order valence-electron chi connectivity index (χ0n) is 14.0. The third-order valence-corrected chi connectivity index (χ3v) is 4.63. The Morgan fingerprint density at radius 1 is 1.19 bits per heavy atom. The van der Waals surface area contributed by atoms with Crippen LogP contribution in [0.1, 0.15) is 16.8 Å². The summed E-state index contributed by atoms with van der Waals surface area (Å²) in [4.78, 5) is 27.3. The Kier molecular flexibility index (Phi) is 5.54. The lowest BCUT2D eigenvalue weighted by molar-refractivity contribution is 0.0950. The summed E-state index contributed by atoms with van der Waals surface area (Å²) in [5.41, 5.74) is 1.66. The zero-order chi connectivity index (χ0) is 18.7. The number of benzene rings is 2. The van der Waals surface area contributed by atoms with Crippen molar-refractivity contribution in [2.75, 3.05) is 13.7 Å². The predicted octanol–water partition coefficient (Wildman–Crippen LogP) is 3.47. The van der Waals surface area contributed by atoms with Gasteiger partial charge < -0.3 is 15.0 Å². The molecule has 3 aromatic rings. The van der Waals surface area contributed by atoms with Crippen molar-refractivity contribution in [3.05, 3.63) is 62.5 Å². The Bertz CT molecular complexity index is 1010. The molecule has 3 rings (SSSR count). The van der Waals surface area contributed by atoms with Gasteiger partial charge >= 0.3 is 5.69 Å². The molecule has 0 radical (unpaired) electrons. The molecule has 0 aliphatic rings. The van der Waals surface area contributed by atoms with E-state index in [2.05, 4.69) is 10.3 Å². The van der Waals surface area contributed by atoms with Crippen LogP contribution < -0.4 is 15.7 Å². The number of nitrogens with zero attached hydrogens (tertiary/aromatic N) is 1. The van der Waals surface area contributed by atoms with Gasteiger partial charge in [-0.2, -0.15) is 0 Å². The van der Waals surface area contributed by atoms with Gasteiger partial charge in [0, 0.05) is 13.1 Å². The van der Waals surface area contributed by atoms with Gasteiger partial charge in [0.1, 0.15) is 5.56 Å². The molecule has 0 aliphatic heterocycles. The highest BCUT2D eigenvalue weighted by atomic mass is 35.5. The Hall–Kier alpha value is -2.44. The predicted molar refractivity (Wildman–Crippen MR) is 103 cm³/mol. The molecule has 0 spiro atoms. The second-order valence-corrected chi connectivity index (χ2v) is 6.46. The van der Waals surface area contributed by atoms with Crippen molar-refractivity contribution in [2.45, 2.75) is 13.0 Å². The van der Waals surface area contributed by atoms with E-state index in [0.29, 0.717) is 24.5 Å². The second kappa shape index (κ2) is 7.85. The highest BCUT2D eigenvalue weighted by molar-refractivity contribution is 6.37. The van der Waals surface area contributed by atoms with Crippen LogP contribution in [0.15, 0.2) is 41.2 Å². The number of imidazole rings is 1. The van der Waals surface area contributed by atoms with Crippen molar-refractivity contribution < 1.29 is 9.53 Å². The largest absolute Gasteiger partial charge is 0.494 e. The molecule has 0 bridgehead atoms. The highest BCUT2D eigenvalue weighted by Crippen LogP contribution is 2.33. The van der Waals surface area contributed by atoms with Crippen LogP contribution >= 0.6 is 23.2 Å². The van der Waals surface area contributed by atoms with Crippen molar-refractivity contribution in [3.63, 3.8) is 0 Å². The van der Waals surface area contributed by atoms with Gasteiger partial charge in [0.15, 0.2) is 5.75 Å². The van der Waals surface area contributed by atoms with Crippen molar-refractivity contribution in [2.24, 2.45) is 0 Å². The third kappa shape index (κ3) is 3.57. The maximum atomic E-state index is 12.4. The Morgan fingerprint density at radius 3 is 2.69 bits per heavy atom. The van der Waals surface area contributed by atoms with Crippen LogP contribution in [0.5, 0.6) is 5.75 Å². The van der Waals surface area contributed by atoms with Crippen LogP contribution in [0.25, 0.3) is 11.0 Å². The molecule has 2 aromatic carbocycles. The first-order valence-electron chi connectivity index (χ1n) is 8.00. The molecular weight excluding hydrogens is 377 g/mol. The van der Waals surface area contributed by atoms with E-state index in [9.17, 15) is 9.59 Å². The van der Waals surface area contributed by atoms with Gasteiger partial charge in [-0.1, -0.05) is 35.3 Å². The van der Waals surface area contributed by atoms with Gasteiger partial charge in [-0.15, -0.1) is 0 Å². The molecule has 0 fully saturated rings. The summed E-state index contributed by atoms with van der Waals surface area (Å²) in [7, 11) is 1.43. The summed E-state index contributed by atoms with van der Waals surface area (Å²) < 4.78 is 6.83. The average Bonchev–Trinajstić information content (AvgIpc) is 2.95. The number of aromatic nitrogens is 2. The number of aromatic amines is 1. The van der Waals surface area contributed by atoms with E-state index >= 15 is 0 Å². The van der Waals surface area contributed by atoms with E-state index in [1.54, 1.807) is 16.7 Å². The van der Waals surface area contributed by atoms with E-state index in [-0.39, 0.29) is 27.9 Å². The number of hydrogen-bond donors (Lipinski definition) is 2. The van der Waals surface area contributed by atoms with Crippen molar-refractivity contribution in [3.8, 4) is 5.75 Å². The van der Waals surface area contributed by atoms with Gasteiger partial charge in [-0.05, 0) is 30.7 Å². The molecule has 1 aromatic heterocycles. The lowest BCUT2D eigenvalue weighted by Crippen LogP contribution is -2.27. The first-order valence-corrected chi connectivity index (χ1v) is 8.76. The van der Waals surface area contributed by atoms with Crippen LogP contribution in [0, 0.1) is 0 Å². The van der Waals surface area contributed by atoms with E-state index in [1.165, 1.54) is 7.11 Å². The van der Waals surface area contributed by atoms with Crippen molar-refractivity contribution >= 4 is 40.1 Å². The highest BCUT2D eigenvalue weighted by Gasteiger charge is 2.19. The second-order valence-electron chi connectivity index (χ2n) is 5.65. The Balaban J connectivity index is 1.65. The molecule has 0 saturated heterocycles. The molecule has 1 amide bonds. The normalized spacial score (nSPS) is 10.9. The number of carbonyl (C=O) groups is 1.